The maximum absolute atomic E-state index is 12.2. The second kappa shape index (κ2) is 4.24. The summed E-state index contributed by atoms with van der Waals surface area (Å²) in [6.07, 6.45) is 1.51. The highest BCUT2D eigenvalue weighted by Gasteiger charge is 2.32. The number of halogens is 1. The smallest absolute Gasteiger partial charge is 0.165 e. The van der Waals surface area contributed by atoms with E-state index in [0.717, 1.165) is 28.9 Å². The molecule has 19 heavy (non-hydrogen) atoms. The second-order valence-corrected chi connectivity index (χ2v) is 6.40. The van der Waals surface area contributed by atoms with Crippen LogP contribution in [0.4, 0.5) is 0 Å². The standard InChI is InChI=1S/C16H16ClNO/c1-16(2)8-14-11(15(19)9-16)7-13(18-14)10-5-3-4-6-12(10)17/h3-7,18H,8-9H2,1-2H3. The third-order valence-corrected chi connectivity index (χ3v) is 3.99. The minimum Gasteiger partial charge on any atom is -0.358 e. The Balaban J connectivity index is 2.09. The van der Waals surface area contributed by atoms with Crippen molar-refractivity contribution < 1.29 is 4.79 Å². The van der Waals surface area contributed by atoms with E-state index in [1.807, 2.05) is 30.3 Å². The summed E-state index contributed by atoms with van der Waals surface area (Å²) in [6, 6.07) is 9.63. The van der Waals surface area contributed by atoms with Gasteiger partial charge < -0.3 is 4.98 Å². The zero-order valence-electron chi connectivity index (χ0n) is 11.1. The Hall–Kier alpha value is -1.54. The van der Waals surface area contributed by atoms with Gasteiger partial charge in [-0.25, -0.2) is 0 Å². The first kappa shape index (κ1) is 12.5. The number of aromatic amines is 1. The lowest BCUT2D eigenvalue weighted by Crippen LogP contribution is -2.26. The van der Waals surface area contributed by atoms with Crippen molar-refractivity contribution >= 4 is 17.4 Å². The van der Waals surface area contributed by atoms with Gasteiger partial charge in [0.15, 0.2) is 5.78 Å². The lowest BCUT2D eigenvalue weighted by Gasteiger charge is -2.27. The predicted molar refractivity (Wildman–Crippen MR) is 77.7 cm³/mol. The van der Waals surface area contributed by atoms with Crippen LogP contribution in [0.3, 0.4) is 0 Å². The van der Waals surface area contributed by atoms with Crippen LogP contribution in [0.15, 0.2) is 30.3 Å². The second-order valence-electron chi connectivity index (χ2n) is 6.00. The van der Waals surface area contributed by atoms with Crippen molar-refractivity contribution in [2.24, 2.45) is 5.41 Å². The molecule has 3 heteroatoms. The lowest BCUT2D eigenvalue weighted by molar-refractivity contribution is 0.0912. The van der Waals surface area contributed by atoms with E-state index < -0.39 is 0 Å². The van der Waals surface area contributed by atoms with E-state index in [0.29, 0.717) is 11.4 Å². The number of benzene rings is 1. The maximum atomic E-state index is 12.2. The van der Waals surface area contributed by atoms with Gasteiger partial charge in [-0.05, 0) is 24.0 Å². The van der Waals surface area contributed by atoms with Crippen molar-refractivity contribution in [3.63, 3.8) is 0 Å². The quantitative estimate of drug-likeness (QED) is 0.816. The number of rotatable bonds is 1. The molecule has 0 spiro atoms. The number of aromatic nitrogens is 1. The summed E-state index contributed by atoms with van der Waals surface area (Å²) in [5, 5.41) is 0.702. The number of Topliss-reactive ketones (excluding diaryl/α,β-unsaturated/α-hetero) is 1. The van der Waals surface area contributed by atoms with E-state index in [-0.39, 0.29) is 11.2 Å². The Labute approximate surface area is 117 Å². The summed E-state index contributed by atoms with van der Waals surface area (Å²) in [7, 11) is 0. The minimum atomic E-state index is 0.0344. The first-order valence-corrected chi connectivity index (χ1v) is 6.84. The van der Waals surface area contributed by atoms with Gasteiger partial charge in [0.25, 0.3) is 0 Å². The summed E-state index contributed by atoms with van der Waals surface area (Å²) >= 11 is 6.21. The van der Waals surface area contributed by atoms with Crippen LogP contribution in [0.5, 0.6) is 0 Å². The molecule has 0 bridgehead atoms. The number of fused-ring (bicyclic) bond motifs is 1. The molecular formula is C16H16ClNO. The first-order valence-electron chi connectivity index (χ1n) is 6.46. The molecule has 0 unspecified atom stereocenters. The fraction of sp³-hybridized carbons (Fsp3) is 0.312. The van der Waals surface area contributed by atoms with E-state index in [1.54, 1.807) is 0 Å². The maximum Gasteiger partial charge on any atom is 0.165 e. The molecule has 1 heterocycles. The van der Waals surface area contributed by atoms with Crippen LogP contribution < -0.4 is 0 Å². The largest absolute Gasteiger partial charge is 0.358 e. The molecule has 0 fully saturated rings. The molecule has 1 aliphatic carbocycles. The van der Waals surface area contributed by atoms with E-state index in [9.17, 15) is 4.79 Å². The molecule has 0 saturated carbocycles. The van der Waals surface area contributed by atoms with Gasteiger partial charge in [-0.3, -0.25) is 4.79 Å². The first-order chi connectivity index (χ1) is 8.96. The highest BCUT2D eigenvalue weighted by molar-refractivity contribution is 6.33. The molecular weight excluding hydrogens is 258 g/mol. The molecule has 1 aromatic carbocycles. The highest BCUT2D eigenvalue weighted by Crippen LogP contribution is 2.37. The molecule has 98 valence electrons. The molecule has 2 aromatic rings. The Morgan fingerprint density at radius 2 is 1.89 bits per heavy atom. The van der Waals surface area contributed by atoms with E-state index >= 15 is 0 Å². The van der Waals surface area contributed by atoms with Crippen molar-refractivity contribution in [3.05, 3.63) is 46.6 Å². The normalized spacial score (nSPS) is 17.3. The molecule has 0 radical (unpaired) electrons. The van der Waals surface area contributed by atoms with E-state index in [2.05, 4.69) is 18.8 Å². The zero-order chi connectivity index (χ0) is 13.6. The third kappa shape index (κ3) is 2.21. The molecule has 1 aromatic heterocycles. The Morgan fingerprint density at radius 1 is 1.16 bits per heavy atom. The van der Waals surface area contributed by atoms with Gasteiger partial charge in [-0.2, -0.15) is 0 Å². The van der Waals surface area contributed by atoms with Crippen molar-refractivity contribution in [1.29, 1.82) is 0 Å². The fourth-order valence-corrected chi connectivity index (χ4v) is 3.02. The van der Waals surface area contributed by atoms with Gasteiger partial charge in [0.1, 0.15) is 0 Å². The van der Waals surface area contributed by atoms with E-state index in [1.165, 1.54) is 0 Å². The lowest BCUT2D eigenvalue weighted by atomic mass is 9.76. The van der Waals surface area contributed by atoms with Crippen LogP contribution in [-0.2, 0) is 6.42 Å². The molecule has 0 saturated heterocycles. The number of H-pyrrole nitrogens is 1. The monoisotopic (exact) mass is 273 g/mol. The van der Waals surface area contributed by atoms with Gasteiger partial charge in [0.2, 0.25) is 0 Å². The van der Waals surface area contributed by atoms with Crippen LogP contribution in [0.25, 0.3) is 11.3 Å². The molecule has 0 amide bonds. The zero-order valence-corrected chi connectivity index (χ0v) is 11.8. The molecule has 3 rings (SSSR count). The number of hydrogen-bond acceptors (Lipinski definition) is 1. The minimum absolute atomic E-state index is 0.0344. The van der Waals surface area contributed by atoms with Crippen LogP contribution in [0.1, 0.15) is 36.3 Å². The van der Waals surface area contributed by atoms with Gasteiger partial charge >= 0.3 is 0 Å². The molecule has 0 atom stereocenters. The summed E-state index contributed by atoms with van der Waals surface area (Å²) in [5.41, 5.74) is 3.78. The summed E-state index contributed by atoms with van der Waals surface area (Å²) in [5.74, 6) is 0.223. The topological polar surface area (TPSA) is 32.9 Å². The molecule has 2 nitrogen and oxygen atoms in total. The third-order valence-electron chi connectivity index (χ3n) is 3.66. The van der Waals surface area contributed by atoms with E-state index in [4.69, 9.17) is 11.6 Å². The average Bonchev–Trinajstić information content (AvgIpc) is 2.71. The van der Waals surface area contributed by atoms with Crippen LogP contribution >= 0.6 is 11.6 Å². The summed E-state index contributed by atoms with van der Waals surface area (Å²) in [4.78, 5) is 15.5. The summed E-state index contributed by atoms with van der Waals surface area (Å²) < 4.78 is 0. The predicted octanol–water partition coefficient (Wildman–Crippen LogP) is 4.49. The molecule has 0 aliphatic heterocycles. The van der Waals surface area contributed by atoms with Crippen molar-refractivity contribution in [3.8, 4) is 11.3 Å². The van der Waals surface area contributed by atoms with Crippen LogP contribution in [0.2, 0.25) is 5.02 Å². The highest BCUT2D eigenvalue weighted by atomic mass is 35.5. The van der Waals surface area contributed by atoms with Crippen molar-refractivity contribution in [1.82, 2.24) is 4.98 Å². The van der Waals surface area contributed by atoms with Crippen LogP contribution in [0, 0.1) is 5.41 Å². The number of nitrogens with one attached hydrogen (secondary N) is 1. The number of ketones is 1. The van der Waals surface area contributed by atoms with Gasteiger partial charge in [-0.1, -0.05) is 43.6 Å². The Morgan fingerprint density at radius 3 is 2.63 bits per heavy atom. The van der Waals surface area contributed by atoms with Gasteiger partial charge in [-0.15, -0.1) is 0 Å². The fourth-order valence-electron chi connectivity index (χ4n) is 2.78. The number of hydrogen-bond donors (Lipinski definition) is 1. The SMILES string of the molecule is CC1(C)CC(=O)c2cc(-c3ccccc3Cl)[nH]c2C1. The number of carbonyl (C=O) groups is 1. The molecule has 1 aliphatic rings. The average molecular weight is 274 g/mol. The van der Waals surface area contributed by atoms with Gasteiger partial charge in [0, 0.05) is 34.0 Å². The van der Waals surface area contributed by atoms with Crippen LogP contribution in [-0.4, -0.2) is 10.8 Å². The van der Waals surface area contributed by atoms with Crippen molar-refractivity contribution in [2.75, 3.05) is 0 Å². The summed E-state index contributed by atoms with van der Waals surface area (Å²) in [6.45, 7) is 4.26. The van der Waals surface area contributed by atoms with Crippen molar-refractivity contribution in [2.45, 2.75) is 26.7 Å². The Bertz CT molecular complexity index is 655. The Kier molecular flexibility index (Phi) is 2.79. The number of carbonyl (C=O) groups excluding carboxylic acids is 1. The molecule has 1 N–H and O–H groups in total. The van der Waals surface area contributed by atoms with Gasteiger partial charge in [0.05, 0.1) is 0 Å².